The Labute approximate surface area is 76.5 Å². The molecule has 0 amide bonds. The van der Waals surface area contributed by atoms with Crippen LogP contribution in [0, 0.1) is 0 Å². The van der Waals surface area contributed by atoms with Crippen LogP contribution in [0.25, 0.3) is 0 Å². The second kappa shape index (κ2) is 4.71. The molecule has 1 rings (SSSR count). The molecule has 0 unspecified atom stereocenters. The Morgan fingerprint density at radius 3 is 3.08 bits per heavy atom. The van der Waals surface area contributed by atoms with Gasteiger partial charge in [0.15, 0.2) is 0 Å². The number of thiol groups is 1. The fourth-order valence-electron chi connectivity index (χ4n) is 0.697. The van der Waals surface area contributed by atoms with Gasteiger partial charge >= 0.3 is 0 Å². The molecule has 1 N–H and O–H groups in total. The van der Waals surface area contributed by atoms with Crippen molar-refractivity contribution >= 4 is 18.3 Å². The van der Waals surface area contributed by atoms with Gasteiger partial charge in [0, 0.05) is 12.4 Å². The molecule has 0 aliphatic heterocycles. The lowest BCUT2D eigenvalue weighted by Crippen LogP contribution is -2.08. The van der Waals surface area contributed by atoms with E-state index in [1.54, 1.807) is 18.6 Å². The highest BCUT2D eigenvalue weighted by Gasteiger charge is 1.96. The monoisotopic (exact) mass is 182 g/mol. The number of hydrogen-bond donors (Lipinski definition) is 2. The average Bonchev–Trinajstić information content (AvgIpc) is 2.15. The topological polar surface area (TPSA) is 50.2 Å². The van der Waals surface area contributed by atoms with Gasteiger partial charge in [0.2, 0.25) is 0 Å². The normalized spacial score (nSPS) is 11.3. The number of nitrogens with one attached hydrogen (secondary N) is 1. The number of aromatic nitrogens is 2. The lowest BCUT2D eigenvalue weighted by molar-refractivity contribution is 0.873. The quantitative estimate of drug-likeness (QED) is 0.313. The Morgan fingerprint density at radius 1 is 1.67 bits per heavy atom. The first-order chi connectivity index (χ1) is 5.84. The SMILES string of the molecule is CC(=NNCS)c1cnccn1. The highest BCUT2D eigenvalue weighted by Crippen LogP contribution is 1.92. The van der Waals surface area contributed by atoms with Crippen LogP contribution in [0.5, 0.6) is 0 Å². The lowest BCUT2D eigenvalue weighted by atomic mass is 10.3. The van der Waals surface area contributed by atoms with E-state index in [9.17, 15) is 0 Å². The second-order valence-corrected chi connectivity index (χ2v) is 2.42. The van der Waals surface area contributed by atoms with Gasteiger partial charge in [-0.15, -0.1) is 0 Å². The lowest BCUT2D eigenvalue weighted by Gasteiger charge is -1.98. The Morgan fingerprint density at radius 2 is 2.50 bits per heavy atom. The molecular weight excluding hydrogens is 172 g/mol. The summed E-state index contributed by atoms with van der Waals surface area (Å²) in [7, 11) is 0. The first kappa shape index (κ1) is 8.99. The van der Waals surface area contributed by atoms with Crippen LogP contribution in [0.3, 0.4) is 0 Å². The maximum atomic E-state index is 4.07. The van der Waals surface area contributed by atoms with Gasteiger partial charge in [-0.1, -0.05) is 0 Å². The minimum absolute atomic E-state index is 0.512. The molecule has 0 fully saturated rings. The summed E-state index contributed by atoms with van der Waals surface area (Å²) in [6, 6.07) is 0. The minimum atomic E-state index is 0.512. The summed E-state index contributed by atoms with van der Waals surface area (Å²) >= 11 is 3.95. The van der Waals surface area contributed by atoms with Crippen molar-refractivity contribution in [2.24, 2.45) is 5.10 Å². The van der Waals surface area contributed by atoms with E-state index < -0.39 is 0 Å². The zero-order valence-electron chi connectivity index (χ0n) is 6.73. The molecule has 0 aliphatic carbocycles. The fraction of sp³-hybridized carbons (Fsp3) is 0.286. The average molecular weight is 182 g/mol. The van der Waals surface area contributed by atoms with Gasteiger partial charge in [-0.05, 0) is 6.92 Å². The molecule has 0 spiro atoms. The van der Waals surface area contributed by atoms with Gasteiger partial charge < -0.3 is 5.43 Å². The Kier molecular flexibility index (Phi) is 3.53. The zero-order valence-corrected chi connectivity index (χ0v) is 7.62. The molecule has 1 aromatic rings. The summed E-state index contributed by atoms with van der Waals surface area (Å²) in [4.78, 5) is 8.00. The molecule has 0 atom stereocenters. The van der Waals surface area contributed by atoms with Crippen LogP contribution < -0.4 is 5.43 Å². The van der Waals surface area contributed by atoms with Crippen molar-refractivity contribution in [2.75, 3.05) is 5.88 Å². The van der Waals surface area contributed by atoms with Crippen LogP contribution in [0.1, 0.15) is 12.6 Å². The molecule has 0 radical (unpaired) electrons. The Balaban J connectivity index is 2.71. The number of hydrazone groups is 1. The van der Waals surface area contributed by atoms with Gasteiger partial charge in [0.05, 0.1) is 17.8 Å². The summed E-state index contributed by atoms with van der Waals surface area (Å²) in [5.41, 5.74) is 4.30. The third-order valence-electron chi connectivity index (χ3n) is 1.25. The molecule has 0 saturated carbocycles. The van der Waals surface area contributed by atoms with E-state index in [1.807, 2.05) is 6.92 Å². The van der Waals surface area contributed by atoms with Gasteiger partial charge in [0.25, 0.3) is 0 Å². The van der Waals surface area contributed by atoms with Crippen molar-refractivity contribution < 1.29 is 0 Å². The maximum Gasteiger partial charge on any atom is 0.104 e. The Bertz CT molecular complexity index is 259. The van der Waals surface area contributed by atoms with E-state index in [4.69, 9.17) is 0 Å². The van der Waals surface area contributed by atoms with Crippen LogP contribution in [-0.2, 0) is 0 Å². The summed E-state index contributed by atoms with van der Waals surface area (Å²) in [5, 5.41) is 4.00. The standard InChI is InChI=1S/C7H10N4S/c1-6(11-10-5-12)7-4-8-2-3-9-7/h2-4,10,12H,5H2,1H3. The van der Waals surface area contributed by atoms with Crippen LogP contribution >= 0.6 is 12.6 Å². The van der Waals surface area contributed by atoms with Gasteiger partial charge in [-0.25, -0.2) is 0 Å². The summed E-state index contributed by atoms with van der Waals surface area (Å²) < 4.78 is 0. The van der Waals surface area contributed by atoms with Crippen LogP contribution in [0.4, 0.5) is 0 Å². The maximum absolute atomic E-state index is 4.07. The Hall–Kier alpha value is -1.10. The van der Waals surface area contributed by atoms with Crippen molar-refractivity contribution in [2.45, 2.75) is 6.92 Å². The molecule has 0 aromatic carbocycles. The molecule has 0 bridgehead atoms. The van der Waals surface area contributed by atoms with Crippen molar-refractivity contribution in [3.8, 4) is 0 Å². The van der Waals surface area contributed by atoms with E-state index in [1.165, 1.54) is 0 Å². The van der Waals surface area contributed by atoms with E-state index in [-0.39, 0.29) is 0 Å². The smallest absolute Gasteiger partial charge is 0.104 e. The van der Waals surface area contributed by atoms with Crippen LogP contribution in [0.2, 0.25) is 0 Å². The number of rotatable bonds is 3. The summed E-state index contributed by atoms with van der Waals surface area (Å²) in [6.07, 6.45) is 4.93. The summed E-state index contributed by atoms with van der Waals surface area (Å²) in [6.45, 7) is 1.86. The summed E-state index contributed by atoms with van der Waals surface area (Å²) in [5.74, 6) is 0.512. The predicted molar refractivity (Wildman–Crippen MR) is 51.2 cm³/mol. The van der Waals surface area contributed by atoms with E-state index in [2.05, 4.69) is 33.1 Å². The van der Waals surface area contributed by atoms with Gasteiger partial charge in [-0.2, -0.15) is 17.7 Å². The van der Waals surface area contributed by atoms with Crippen molar-refractivity contribution in [1.82, 2.24) is 15.4 Å². The fourth-order valence-corrected chi connectivity index (χ4v) is 0.768. The molecule has 12 heavy (non-hydrogen) atoms. The van der Waals surface area contributed by atoms with Crippen molar-refractivity contribution in [3.63, 3.8) is 0 Å². The van der Waals surface area contributed by atoms with E-state index in [0.717, 1.165) is 11.4 Å². The van der Waals surface area contributed by atoms with Gasteiger partial charge in [-0.3, -0.25) is 9.97 Å². The first-order valence-electron chi connectivity index (χ1n) is 3.49. The second-order valence-electron chi connectivity index (χ2n) is 2.10. The van der Waals surface area contributed by atoms with E-state index >= 15 is 0 Å². The number of hydrogen-bond acceptors (Lipinski definition) is 5. The zero-order chi connectivity index (χ0) is 8.81. The third kappa shape index (κ3) is 2.50. The van der Waals surface area contributed by atoms with Crippen molar-refractivity contribution in [1.29, 1.82) is 0 Å². The van der Waals surface area contributed by atoms with Gasteiger partial charge in [0.1, 0.15) is 5.69 Å². The highest BCUT2D eigenvalue weighted by molar-refractivity contribution is 7.80. The highest BCUT2D eigenvalue weighted by atomic mass is 32.1. The predicted octanol–water partition coefficient (Wildman–Crippen LogP) is 0.677. The third-order valence-corrected chi connectivity index (χ3v) is 1.39. The molecule has 5 heteroatoms. The van der Waals surface area contributed by atoms with Crippen molar-refractivity contribution in [3.05, 3.63) is 24.3 Å². The van der Waals surface area contributed by atoms with Crippen LogP contribution in [0.15, 0.2) is 23.7 Å². The number of nitrogens with zero attached hydrogens (tertiary/aromatic N) is 3. The molecule has 0 saturated heterocycles. The largest absolute Gasteiger partial charge is 0.300 e. The van der Waals surface area contributed by atoms with E-state index in [0.29, 0.717) is 5.88 Å². The minimum Gasteiger partial charge on any atom is -0.300 e. The molecular formula is C7H10N4S. The molecule has 1 heterocycles. The molecule has 1 aromatic heterocycles. The molecule has 64 valence electrons. The first-order valence-corrected chi connectivity index (χ1v) is 4.12. The molecule has 0 aliphatic rings. The van der Waals surface area contributed by atoms with Crippen LogP contribution in [-0.4, -0.2) is 21.6 Å². The molecule has 4 nitrogen and oxygen atoms in total.